The number of nitro benzene ring substituents is 1. The number of rotatable bonds is 2. The van der Waals surface area contributed by atoms with Crippen molar-refractivity contribution in [3.05, 3.63) is 38.3 Å². The van der Waals surface area contributed by atoms with Gasteiger partial charge >= 0.3 is 0 Å². The molecule has 0 fully saturated rings. The summed E-state index contributed by atoms with van der Waals surface area (Å²) in [5, 5.41) is 20.3. The Kier molecular flexibility index (Phi) is 4.63. The molecule has 0 aliphatic heterocycles. The Labute approximate surface area is 107 Å². The fourth-order valence-electron chi connectivity index (χ4n) is 1.05. The molecule has 0 radical (unpaired) electrons. The summed E-state index contributed by atoms with van der Waals surface area (Å²) in [7, 11) is 3.32. The molecule has 1 unspecified atom stereocenters. The molecule has 0 amide bonds. The lowest BCUT2D eigenvalue weighted by Gasteiger charge is -2.11. The molecular formula is C11H11BrN2O3. The molecular weight excluding hydrogens is 288 g/mol. The van der Waals surface area contributed by atoms with E-state index in [4.69, 9.17) is 0 Å². The van der Waals surface area contributed by atoms with Crippen LogP contribution in [0.3, 0.4) is 0 Å². The van der Waals surface area contributed by atoms with Gasteiger partial charge in [0.25, 0.3) is 5.69 Å². The Morgan fingerprint density at radius 1 is 1.53 bits per heavy atom. The van der Waals surface area contributed by atoms with Crippen molar-refractivity contribution in [2.75, 3.05) is 14.1 Å². The molecule has 1 aromatic rings. The van der Waals surface area contributed by atoms with E-state index >= 15 is 0 Å². The van der Waals surface area contributed by atoms with Gasteiger partial charge in [-0.3, -0.25) is 15.0 Å². The first-order valence-corrected chi connectivity index (χ1v) is 5.51. The zero-order valence-corrected chi connectivity index (χ0v) is 10.9. The lowest BCUT2D eigenvalue weighted by Crippen LogP contribution is -2.25. The molecule has 1 N–H and O–H groups in total. The largest absolute Gasteiger partial charge is 0.367 e. The second-order valence-corrected chi connectivity index (χ2v) is 4.35. The summed E-state index contributed by atoms with van der Waals surface area (Å²) in [4.78, 5) is 11.8. The zero-order chi connectivity index (χ0) is 13.0. The molecule has 0 spiro atoms. The van der Waals surface area contributed by atoms with E-state index in [-0.39, 0.29) is 11.3 Å². The summed E-state index contributed by atoms with van der Waals surface area (Å²) in [6.45, 7) is 0. The van der Waals surface area contributed by atoms with Crippen LogP contribution < -0.4 is 0 Å². The number of nitrogens with zero attached hydrogens (tertiary/aromatic N) is 2. The molecule has 0 aliphatic carbocycles. The maximum atomic E-state index is 10.8. The van der Waals surface area contributed by atoms with E-state index < -0.39 is 11.2 Å². The molecule has 17 heavy (non-hydrogen) atoms. The Hall–Kier alpha value is -1.42. The number of aliphatic hydroxyl groups is 1. The second-order valence-electron chi connectivity index (χ2n) is 3.50. The number of benzene rings is 1. The molecule has 0 aliphatic rings. The molecule has 1 rings (SSSR count). The SMILES string of the molecule is CN(C)C(O)C#Cc1c(Br)cccc1[N+](=O)[O-]. The van der Waals surface area contributed by atoms with Gasteiger partial charge in [0.05, 0.1) is 4.92 Å². The zero-order valence-electron chi connectivity index (χ0n) is 9.35. The predicted octanol–water partition coefficient (Wildman–Crippen LogP) is 1.59. The van der Waals surface area contributed by atoms with E-state index in [0.717, 1.165) is 0 Å². The Morgan fingerprint density at radius 3 is 2.71 bits per heavy atom. The van der Waals surface area contributed by atoms with E-state index in [1.165, 1.54) is 11.0 Å². The molecule has 0 saturated heterocycles. The van der Waals surface area contributed by atoms with Crippen molar-refractivity contribution in [2.45, 2.75) is 6.23 Å². The van der Waals surface area contributed by atoms with Gasteiger partial charge in [0, 0.05) is 10.5 Å². The van der Waals surface area contributed by atoms with E-state index in [0.29, 0.717) is 4.47 Å². The minimum Gasteiger partial charge on any atom is -0.367 e. The van der Waals surface area contributed by atoms with Gasteiger partial charge < -0.3 is 5.11 Å². The summed E-state index contributed by atoms with van der Waals surface area (Å²) < 4.78 is 0.533. The third-order valence-electron chi connectivity index (χ3n) is 2.00. The summed E-state index contributed by atoms with van der Waals surface area (Å²) in [6.07, 6.45) is -0.957. The summed E-state index contributed by atoms with van der Waals surface area (Å²) in [6, 6.07) is 4.60. The molecule has 0 bridgehead atoms. The van der Waals surface area contributed by atoms with Crippen LogP contribution in [0.25, 0.3) is 0 Å². The van der Waals surface area contributed by atoms with Crippen LogP contribution >= 0.6 is 15.9 Å². The molecule has 6 heteroatoms. The highest BCUT2D eigenvalue weighted by molar-refractivity contribution is 9.10. The van der Waals surface area contributed by atoms with Gasteiger partial charge in [0.15, 0.2) is 6.23 Å². The van der Waals surface area contributed by atoms with Crippen molar-refractivity contribution in [3.8, 4) is 11.8 Å². The number of halogens is 1. The highest BCUT2D eigenvalue weighted by atomic mass is 79.9. The topological polar surface area (TPSA) is 66.6 Å². The summed E-state index contributed by atoms with van der Waals surface area (Å²) in [5.41, 5.74) is 0.177. The van der Waals surface area contributed by atoms with Gasteiger partial charge in [-0.2, -0.15) is 0 Å². The van der Waals surface area contributed by atoms with Crippen molar-refractivity contribution in [3.63, 3.8) is 0 Å². The number of hydrogen-bond acceptors (Lipinski definition) is 4. The molecule has 90 valence electrons. The van der Waals surface area contributed by atoms with Crippen LogP contribution in [0.4, 0.5) is 5.69 Å². The number of hydrogen-bond donors (Lipinski definition) is 1. The van der Waals surface area contributed by atoms with Gasteiger partial charge in [-0.05, 0) is 42.0 Å². The van der Waals surface area contributed by atoms with Crippen molar-refractivity contribution >= 4 is 21.6 Å². The fraction of sp³-hybridized carbons (Fsp3) is 0.273. The quantitative estimate of drug-likeness (QED) is 0.390. The second kappa shape index (κ2) is 5.77. The number of aliphatic hydroxyl groups excluding tert-OH is 1. The van der Waals surface area contributed by atoms with E-state index in [1.807, 2.05) is 0 Å². The van der Waals surface area contributed by atoms with Crippen molar-refractivity contribution in [2.24, 2.45) is 0 Å². The average Bonchev–Trinajstić information content (AvgIpc) is 2.26. The van der Waals surface area contributed by atoms with Crippen LogP contribution in [0.1, 0.15) is 5.56 Å². The minimum absolute atomic E-state index is 0.0853. The lowest BCUT2D eigenvalue weighted by molar-refractivity contribution is -0.385. The number of nitro groups is 1. The normalized spacial score (nSPS) is 11.8. The molecule has 1 atom stereocenters. The monoisotopic (exact) mass is 298 g/mol. The van der Waals surface area contributed by atoms with Crippen LogP contribution in [0.15, 0.2) is 22.7 Å². The molecule has 5 nitrogen and oxygen atoms in total. The van der Waals surface area contributed by atoms with Crippen LogP contribution in [-0.4, -0.2) is 35.3 Å². The van der Waals surface area contributed by atoms with Gasteiger partial charge in [0.2, 0.25) is 0 Å². The fourth-order valence-corrected chi connectivity index (χ4v) is 1.51. The van der Waals surface area contributed by atoms with Crippen molar-refractivity contribution in [1.82, 2.24) is 4.90 Å². The standard InChI is InChI=1S/C11H11BrN2O3/c1-13(2)11(15)7-6-8-9(12)4-3-5-10(8)14(16)17/h3-5,11,15H,1-2H3. The molecule has 0 heterocycles. The van der Waals surface area contributed by atoms with E-state index in [1.54, 1.807) is 26.2 Å². The summed E-state index contributed by atoms with van der Waals surface area (Å²) in [5.74, 6) is 5.15. The first-order valence-electron chi connectivity index (χ1n) is 4.72. The predicted molar refractivity (Wildman–Crippen MR) is 67.4 cm³/mol. The van der Waals surface area contributed by atoms with Gasteiger partial charge in [-0.15, -0.1) is 0 Å². The van der Waals surface area contributed by atoms with Crippen LogP contribution in [0.2, 0.25) is 0 Å². The Balaban J connectivity index is 3.17. The van der Waals surface area contributed by atoms with Crippen LogP contribution in [0, 0.1) is 22.0 Å². The van der Waals surface area contributed by atoms with Crippen LogP contribution in [-0.2, 0) is 0 Å². The lowest BCUT2D eigenvalue weighted by atomic mass is 10.2. The summed E-state index contributed by atoms with van der Waals surface area (Å²) >= 11 is 3.20. The maximum Gasteiger partial charge on any atom is 0.286 e. The molecule has 1 aromatic carbocycles. The average molecular weight is 299 g/mol. The first kappa shape index (κ1) is 13.6. The Bertz CT molecular complexity index is 491. The van der Waals surface area contributed by atoms with E-state index in [2.05, 4.69) is 27.8 Å². The van der Waals surface area contributed by atoms with Crippen molar-refractivity contribution < 1.29 is 10.0 Å². The molecule has 0 aromatic heterocycles. The third-order valence-corrected chi connectivity index (χ3v) is 2.66. The van der Waals surface area contributed by atoms with Crippen LogP contribution in [0.5, 0.6) is 0 Å². The third kappa shape index (κ3) is 3.53. The Morgan fingerprint density at radius 2 is 2.18 bits per heavy atom. The highest BCUT2D eigenvalue weighted by Crippen LogP contribution is 2.25. The maximum absolute atomic E-state index is 10.8. The van der Waals surface area contributed by atoms with E-state index in [9.17, 15) is 15.2 Å². The van der Waals surface area contributed by atoms with Gasteiger partial charge in [-0.25, -0.2) is 0 Å². The van der Waals surface area contributed by atoms with Gasteiger partial charge in [-0.1, -0.05) is 12.0 Å². The smallest absolute Gasteiger partial charge is 0.286 e. The van der Waals surface area contributed by atoms with Crippen molar-refractivity contribution in [1.29, 1.82) is 0 Å². The minimum atomic E-state index is -0.957. The molecule has 0 saturated carbocycles. The van der Waals surface area contributed by atoms with Gasteiger partial charge in [0.1, 0.15) is 5.56 Å². The highest BCUT2D eigenvalue weighted by Gasteiger charge is 2.14. The first-order chi connectivity index (χ1) is 7.93.